The third-order valence-corrected chi connectivity index (χ3v) is 4.65. The van der Waals surface area contributed by atoms with Gasteiger partial charge in [-0.15, -0.1) is 0 Å². The number of carbonyl (C=O) groups is 1. The summed E-state index contributed by atoms with van der Waals surface area (Å²) >= 11 is 0. The minimum absolute atomic E-state index is 0.265. The van der Waals surface area contributed by atoms with Crippen LogP contribution in [0.2, 0.25) is 0 Å². The molecule has 0 bridgehead atoms. The van der Waals surface area contributed by atoms with Crippen LogP contribution in [0.1, 0.15) is 5.56 Å². The number of piperazine rings is 1. The Morgan fingerprint density at radius 1 is 1.10 bits per heavy atom. The Morgan fingerprint density at radius 2 is 1.80 bits per heavy atom. The maximum Gasteiger partial charge on any atom is 0.416 e. The predicted octanol–water partition coefficient (Wildman–Crippen LogP) is 3.48. The second kappa shape index (κ2) is 8.56. The summed E-state index contributed by atoms with van der Waals surface area (Å²) in [5.41, 5.74) is -0.755. The number of benzene rings is 2. The van der Waals surface area contributed by atoms with E-state index in [0.717, 1.165) is 24.3 Å². The average Bonchev–Trinajstić information content (AvgIpc) is 2.72. The molecule has 1 aliphatic heterocycles. The first-order valence-electron chi connectivity index (χ1n) is 8.92. The number of carbonyl (C=O) groups excluding carboxylic acids is 1. The van der Waals surface area contributed by atoms with E-state index in [1.54, 1.807) is 11.0 Å². The van der Waals surface area contributed by atoms with Gasteiger partial charge in [0, 0.05) is 37.9 Å². The van der Waals surface area contributed by atoms with E-state index in [9.17, 15) is 32.5 Å². The lowest BCUT2D eigenvalue weighted by Gasteiger charge is -2.36. The van der Waals surface area contributed by atoms with Gasteiger partial charge < -0.3 is 14.5 Å². The third kappa shape index (κ3) is 4.97. The molecule has 3 rings (SSSR count). The molecule has 0 aromatic heterocycles. The van der Waals surface area contributed by atoms with Crippen LogP contribution in [0.3, 0.4) is 0 Å². The molecule has 2 aromatic carbocycles. The van der Waals surface area contributed by atoms with Crippen LogP contribution >= 0.6 is 0 Å². The van der Waals surface area contributed by atoms with Gasteiger partial charge >= 0.3 is 6.18 Å². The number of rotatable bonds is 5. The number of ether oxygens (including phenoxy) is 1. The number of nitrogens with zero attached hydrogens (tertiary/aromatic N) is 3. The van der Waals surface area contributed by atoms with Crippen molar-refractivity contribution in [1.29, 1.82) is 0 Å². The van der Waals surface area contributed by atoms with Gasteiger partial charge in [-0.05, 0) is 24.3 Å². The van der Waals surface area contributed by atoms with Gasteiger partial charge in [-0.3, -0.25) is 14.9 Å². The molecule has 0 spiro atoms. The molecular weight excluding hydrogens is 410 g/mol. The first-order valence-corrected chi connectivity index (χ1v) is 8.92. The SMILES string of the molecule is O=C(COc1ccc([N+](=O)[O-])cc1F)N1CCN(c2cccc(C(F)(F)F)c2)CC1. The maximum atomic E-state index is 13.8. The fourth-order valence-electron chi connectivity index (χ4n) is 3.04. The van der Waals surface area contributed by atoms with Crippen LogP contribution < -0.4 is 9.64 Å². The van der Waals surface area contributed by atoms with Crippen LogP contribution in [0.5, 0.6) is 5.75 Å². The maximum absolute atomic E-state index is 13.8. The first-order chi connectivity index (χ1) is 14.1. The van der Waals surface area contributed by atoms with Crippen molar-refractivity contribution in [2.24, 2.45) is 0 Å². The van der Waals surface area contributed by atoms with Crippen LogP contribution in [-0.2, 0) is 11.0 Å². The minimum atomic E-state index is -4.43. The molecule has 0 N–H and O–H groups in total. The fourth-order valence-corrected chi connectivity index (χ4v) is 3.04. The Balaban J connectivity index is 1.54. The summed E-state index contributed by atoms with van der Waals surface area (Å²) in [4.78, 5) is 25.4. The number of alkyl halides is 3. The molecule has 11 heteroatoms. The smallest absolute Gasteiger partial charge is 0.416 e. The summed E-state index contributed by atoms with van der Waals surface area (Å²) in [6, 6.07) is 7.82. The summed E-state index contributed by atoms with van der Waals surface area (Å²) in [5.74, 6) is -1.65. The predicted molar refractivity (Wildman–Crippen MR) is 98.8 cm³/mol. The highest BCUT2D eigenvalue weighted by atomic mass is 19.4. The summed E-state index contributed by atoms with van der Waals surface area (Å²) in [6.07, 6.45) is -4.43. The molecule has 2 aromatic rings. The zero-order valence-corrected chi connectivity index (χ0v) is 15.6. The van der Waals surface area contributed by atoms with Crippen molar-refractivity contribution in [3.8, 4) is 5.75 Å². The lowest BCUT2D eigenvalue weighted by Crippen LogP contribution is -2.50. The average molecular weight is 427 g/mol. The Bertz CT molecular complexity index is 944. The quantitative estimate of drug-likeness (QED) is 0.415. The number of anilines is 1. The molecule has 0 aliphatic carbocycles. The molecule has 160 valence electrons. The van der Waals surface area contributed by atoms with Crippen LogP contribution in [-0.4, -0.2) is 48.5 Å². The number of hydrogen-bond acceptors (Lipinski definition) is 5. The largest absolute Gasteiger partial charge is 0.481 e. The van der Waals surface area contributed by atoms with E-state index < -0.39 is 40.7 Å². The van der Waals surface area contributed by atoms with Gasteiger partial charge in [-0.25, -0.2) is 4.39 Å². The van der Waals surface area contributed by atoms with E-state index in [2.05, 4.69) is 0 Å². The number of hydrogen-bond donors (Lipinski definition) is 0. The van der Waals surface area contributed by atoms with Gasteiger partial charge in [0.05, 0.1) is 16.6 Å². The highest BCUT2D eigenvalue weighted by molar-refractivity contribution is 5.78. The van der Waals surface area contributed by atoms with Crippen molar-refractivity contribution in [1.82, 2.24) is 4.90 Å². The van der Waals surface area contributed by atoms with E-state index >= 15 is 0 Å². The number of nitro groups is 1. The van der Waals surface area contributed by atoms with Crippen LogP contribution in [0, 0.1) is 15.9 Å². The highest BCUT2D eigenvalue weighted by Gasteiger charge is 2.31. The van der Waals surface area contributed by atoms with Crippen LogP contribution in [0.15, 0.2) is 42.5 Å². The number of nitro benzene ring substituents is 1. The zero-order chi connectivity index (χ0) is 21.9. The number of non-ortho nitro benzene ring substituents is 1. The molecule has 7 nitrogen and oxygen atoms in total. The lowest BCUT2D eigenvalue weighted by atomic mass is 10.1. The van der Waals surface area contributed by atoms with Gasteiger partial charge in [-0.1, -0.05) is 6.07 Å². The molecule has 1 amide bonds. The van der Waals surface area contributed by atoms with Crippen molar-refractivity contribution >= 4 is 17.3 Å². The summed E-state index contributed by atoms with van der Waals surface area (Å²) in [5, 5.41) is 10.6. The van der Waals surface area contributed by atoms with Crippen molar-refractivity contribution in [3.63, 3.8) is 0 Å². The van der Waals surface area contributed by atoms with Gasteiger partial charge in [-0.2, -0.15) is 13.2 Å². The third-order valence-electron chi connectivity index (χ3n) is 4.65. The Kier molecular flexibility index (Phi) is 6.09. The molecular formula is C19H17F4N3O4. The fraction of sp³-hybridized carbons (Fsp3) is 0.316. The molecule has 1 saturated heterocycles. The second-order valence-corrected chi connectivity index (χ2v) is 6.58. The van der Waals surface area contributed by atoms with Crippen molar-refractivity contribution in [3.05, 3.63) is 64.0 Å². The first kappa shape index (κ1) is 21.3. The van der Waals surface area contributed by atoms with Gasteiger partial charge in [0.15, 0.2) is 18.2 Å². The van der Waals surface area contributed by atoms with Gasteiger partial charge in [0.25, 0.3) is 11.6 Å². The lowest BCUT2D eigenvalue weighted by molar-refractivity contribution is -0.385. The molecule has 1 heterocycles. The second-order valence-electron chi connectivity index (χ2n) is 6.58. The van der Waals surface area contributed by atoms with E-state index in [1.807, 2.05) is 0 Å². The van der Waals surface area contributed by atoms with Gasteiger partial charge in [0.1, 0.15) is 0 Å². The molecule has 0 unspecified atom stereocenters. The van der Waals surface area contributed by atoms with E-state index in [1.165, 1.54) is 11.0 Å². The summed E-state index contributed by atoms with van der Waals surface area (Å²) in [7, 11) is 0. The highest BCUT2D eigenvalue weighted by Crippen LogP contribution is 2.32. The topological polar surface area (TPSA) is 75.9 Å². The zero-order valence-electron chi connectivity index (χ0n) is 15.6. The standard InChI is InChI=1S/C19H17F4N3O4/c20-16-11-15(26(28)29)4-5-17(16)30-12-18(27)25-8-6-24(7-9-25)14-3-1-2-13(10-14)19(21,22)23/h1-5,10-11H,6-9,12H2. The normalized spacial score (nSPS) is 14.5. The van der Waals surface area contributed by atoms with E-state index in [4.69, 9.17) is 4.74 Å². The number of halogens is 4. The molecule has 1 aliphatic rings. The molecule has 0 saturated carbocycles. The Hall–Kier alpha value is -3.37. The van der Waals surface area contributed by atoms with Crippen molar-refractivity contribution in [2.45, 2.75) is 6.18 Å². The number of amides is 1. The van der Waals surface area contributed by atoms with Crippen molar-refractivity contribution < 1.29 is 32.0 Å². The van der Waals surface area contributed by atoms with Crippen LogP contribution in [0.4, 0.5) is 28.9 Å². The summed E-state index contributed by atoms with van der Waals surface area (Å²) in [6.45, 7) is 0.735. The van der Waals surface area contributed by atoms with Crippen LogP contribution in [0.25, 0.3) is 0 Å². The monoisotopic (exact) mass is 427 g/mol. The van der Waals surface area contributed by atoms with E-state index in [-0.39, 0.29) is 18.8 Å². The summed E-state index contributed by atoms with van der Waals surface area (Å²) < 4.78 is 57.6. The molecule has 0 atom stereocenters. The molecule has 1 fully saturated rings. The van der Waals surface area contributed by atoms with Crippen molar-refractivity contribution in [2.75, 3.05) is 37.7 Å². The van der Waals surface area contributed by atoms with Gasteiger partial charge in [0.2, 0.25) is 0 Å². The van der Waals surface area contributed by atoms with E-state index in [0.29, 0.717) is 24.8 Å². The molecule has 0 radical (unpaired) electrons. The Labute approximate surface area is 168 Å². The minimum Gasteiger partial charge on any atom is -0.481 e. The molecule has 30 heavy (non-hydrogen) atoms. The Morgan fingerprint density at radius 3 is 2.40 bits per heavy atom.